The van der Waals surface area contributed by atoms with Gasteiger partial charge >= 0.3 is 0 Å². The van der Waals surface area contributed by atoms with Gasteiger partial charge in [0.2, 0.25) is 0 Å². The summed E-state index contributed by atoms with van der Waals surface area (Å²) in [6, 6.07) is 31.4. The van der Waals surface area contributed by atoms with Gasteiger partial charge in [0.1, 0.15) is 0 Å². The molecule has 160 valence electrons. The van der Waals surface area contributed by atoms with Gasteiger partial charge in [-0.15, -0.1) is 0 Å². The average molecular weight is 428 g/mol. The van der Waals surface area contributed by atoms with Crippen LogP contribution in [0.2, 0.25) is 0 Å². The Morgan fingerprint density at radius 3 is 1.88 bits per heavy atom. The van der Waals surface area contributed by atoms with Crippen LogP contribution >= 0.6 is 0 Å². The van der Waals surface area contributed by atoms with Crippen LogP contribution < -0.4 is 0 Å². The summed E-state index contributed by atoms with van der Waals surface area (Å²) in [4.78, 5) is 15.2. The molecule has 0 amide bonds. The second kappa shape index (κ2) is 9.13. The van der Waals surface area contributed by atoms with E-state index < -0.39 is 0 Å². The van der Waals surface area contributed by atoms with E-state index in [0.717, 1.165) is 45.8 Å². The molecule has 3 aromatic rings. The number of allylic oxidation sites excluding steroid dienone is 8. The summed E-state index contributed by atoms with van der Waals surface area (Å²) in [7, 11) is 0. The van der Waals surface area contributed by atoms with Crippen LogP contribution in [-0.4, -0.2) is 10.7 Å². The van der Waals surface area contributed by atoms with Gasteiger partial charge < -0.3 is 4.90 Å². The summed E-state index contributed by atoms with van der Waals surface area (Å²) >= 11 is 0. The number of carbonyl (C=O) groups is 1. The zero-order chi connectivity index (χ0) is 22.6. The zero-order valence-electron chi connectivity index (χ0n) is 18.6. The molecule has 0 radical (unpaired) electrons. The Bertz CT molecular complexity index is 1320. The van der Waals surface area contributed by atoms with Crippen molar-refractivity contribution in [2.75, 3.05) is 0 Å². The number of carbonyl (C=O) groups excluding carboxylic acids is 1. The summed E-state index contributed by atoms with van der Waals surface area (Å²) < 4.78 is 0. The standard InChI is InChI=1S/C31H25NO/c1-23-28(27-19-11-12-20-30(27)33)21-29(25-15-7-3-8-16-25)32(22-24-13-5-2-6-14-24)31(23)26-17-9-4-10-18-26/h2-21H,22H2,1H3. The van der Waals surface area contributed by atoms with Crippen molar-refractivity contribution in [1.29, 1.82) is 0 Å². The van der Waals surface area contributed by atoms with Crippen molar-refractivity contribution in [3.63, 3.8) is 0 Å². The molecule has 1 heterocycles. The van der Waals surface area contributed by atoms with Gasteiger partial charge in [-0.1, -0.05) is 109 Å². The van der Waals surface area contributed by atoms with Crippen LogP contribution in [0.4, 0.5) is 0 Å². The van der Waals surface area contributed by atoms with Crippen molar-refractivity contribution in [2.24, 2.45) is 0 Å². The van der Waals surface area contributed by atoms with Gasteiger partial charge in [0.25, 0.3) is 0 Å². The van der Waals surface area contributed by atoms with Crippen LogP contribution in [0, 0.1) is 0 Å². The highest BCUT2D eigenvalue weighted by Crippen LogP contribution is 2.41. The Kier molecular flexibility index (Phi) is 5.73. The van der Waals surface area contributed by atoms with Crippen LogP contribution in [-0.2, 0) is 11.3 Å². The number of nitrogens with zero attached hydrogens (tertiary/aromatic N) is 1. The van der Waals surface area contributed by atoms with Crippen LogP contribution in [0.25, 0.3) is 11.4 Å². The first-order valence-electron chi connectivity index (χ1n) is 11.2. The molecule has 33 heavy (non-hydrogen) atoms. The van der Waals surface area contributed by atoms with E-state index in [-0.39, 0.29) is 5.78 Å². The number of benzene rings is 3. The smallest absolute Gasteiger partial charge is 0.186 e. The van der Waals surface area contributed by atoms with Crippen molar-refractivity contribution in [2.45, 2.75) is 13.5 Å². The molecule has 0 bridgehead atoms. The van der Waals surface area contributed by atoms with Crippen LogP contribution in [0.1, 0.15) is 23.6 Å². The lowest BCUT2D eigenvalue weighted by atomic mass is 9.87. The third-order valence-corrected chi connectivity index (χ3v) is 6.08. The van der Waals surface area contributed by atoms with Gasteiger partial charge in [-0.3, -0.25) is 4.79 Å². The van der Waals surface area contributed by atoms with Gasteiger partial charge in [-0.2, -0.15) is 0 Å². The number of rotatable bonds is 4. The second-order valence-corrected chi connectivity index (χ2v) is 8.22. The van der Waals surface area contributed by atoms with Gasteiger partial charge in [-0.05, 0) is 46.9 Å². The number of hydrogen-bond acceptors (Lipinski definition) is 2. The van der Waals surface area contributed by atoms with Crippen molar-refractivity contribution in [3.05, 3.63) is 155 Å². The van der Waals surface area contributed by atoms with Gasteiger partial charge in [0, 0.05) is 17.8 Å². The fourth-order valence-electron chi connectivity index (χ4n) is 4.49. The van der Waals surface area contributed by atoms with E-state index in [1.165, 1.54) is 5.56 Å². The molecule has 1 aliphatic heterocycles. The molecule has 0 aromatic heterocycles. The van der Waals surface area contributed by atoms with E-state index in [0.29, 0.717) is 0 Å². The van der Waals surface area contributed by atoms with E-state index in [1.807, 2.05) is 30.4 Å². The normalized spacial score (nSPS) is 18.0. The van der Waals surface area contributed by atoms with Crippen molar-refractivity contribution >= 4 is 17.2 Å². The third kappa shape index (κ3) is 4.16. The van der Waals surface area contributed by atoms with E-state index in [4.69, 9.17) is 0 Å². The number of ketones is 1. The molecule has 0 saturated carbocycles. The minimum Gasteiger partial charge on any atom is -0.336 e. The third-order valence-electron chi connectivity index (χ3n) is 6.08. The van der Waals surface area contributed by atoms with Crippen molar-refractivity contribution in [1.82, 2.24) is 4.90 Å². The highest BCUT2D eigenvalue weighted by molar-refractivity contribution is 6.09. The van der Waals surface area contributed by atoms with E-state index in [2.05, 4.69) is 90.7 Å². The minimum absolute atomic E-state index is 0.0411. The molecular weight excluding hydrogens is 402 g/mol. The summed E-state index contributed by atoms with van der Waals surface area (Å²) in [5, 5.41) is 0. The Labute approximate surface area is 195 Å². The predicted octanol–water partition coefficient (Wildman–Crippen LogP) is 6.97. The summed E-state index contributed by atoms with van der Waals surface area (Å²) in [5.74, 6) is 0.0411. The Morgan fingerprint density at radius 1 is 0.667 bits per heavy atom. The Morgan fingerprint density at radius 2 is 1.24 bits per heavy atom. The Balaban J connectivity index is 1.77. The van der Waals surface area contributed by atoms with E-state index in [9.17, 15) is 4.79 Å². The highest BCUT2D eigenvalue weighted by atomic mass is 16.1. The maximum atomic E-state index is 12.8. The topological polar surface area (TPSA) is 20.3 Å². The lowest BCUT2D eigenvalue weighted by Gasteiger charge is -2.36. The fraction of sp³-hybridized carbons (Fsp3) is 0.0645. The van der Waals surface area contributed by atoms with Gasteiger partial charge in [0.15, 0.2) is 5.78 Å². The SMILES string of the molecule is CC1=C(c2ccccc2)N(Cc2ccccc2)C(c2ccccc2)=CC1=C1C=CC=CC1=O. The molecule has 0 N–H and O–H groups in total. The molecule has 0 atom stereocenters. The fourth-order valence-corrected chi connectivity index (χ4v) is 4.49. The summed E-state index contributed by atoms with van der Waals surface area (Å²) in [6.07, 6.45) is 9.48. The van der Waals surface area contributed by atoms with Gasteiger partial charge in [-0.25, -0.2) is 0 Å². The van der Waals surface area contributed by atoms with E-state index in [1.54, 1.807) is 12.2 Å². The monoisotopic (exact) mass is 427 g/mol. The first-order valence-corrected chi connectivity index (χ1v) is 11.2. The Hall–Kier alpha value is -4.17. The lowest BCUT2D eigenvalue weighted by Crippen LogP contribution is -2.25. The minimum atomic E-state index is 0.0411. The molecule has 0 saturated heterocycles. The molecule has 3 aromatic carbocycles. The van der Waals surface area contributed by atoms with Gasteiger partial charge in [0.05, 0.1) is 5.70 Å². The zero-order valence-corrected chi connectivity index (χ0v) is 18.6. The maximum Gasteiger partial charge on any atom is 0.186 e. The lowest BCUT2D eigenvalue weighted by molar-refractivity contribution is -0.111. The summed E-state index contributed by atoms with van der Waals surface area (Å²) in [6.45, 7) is 2.86. The molecule has 0 spiro atoms. The summed E-state index contributed by atoms with van der Waals surface area (Å²) in [5.41, 5.74) is 8.50. The molecule has 2 aliphatic rings. The molecule has 2 heteroatoms. The molecular formula is C31H25NO. The molecule has 0 unspecified atom stereocenters. The van der Waals surface area contributed by atoms with Crippen LogP contribution in [0.3, 0.4) is 0 Å². The van der Waals surface area contributed by atoms with Crippen LogP contribution in [0.5, 0.6) is 0 Å². The molecule has 5 rings (SSSR count). The first kappa shape index (κ1) is 20.7. The van der Waals surface area contributed by atoms with Crippen LogP contribution in [0.15, 0.2) is 138 Å². The molecule has 0 fully saturated rings. The van der Waals surface area contributed by atoms with Crippen molar-refractivity contribution < 1.29 is 4.79 Å². The molecule has 2 nitrogen and oxygen atoms in total. The maximum absolute atomic E-state index is 12.8. The largest absolute Gasteiger partial charge is 0.336 e. The average Bonchev–Trinajstić information content (AvgIpc) is 2.87. The molecule has 1 aliphatic carbocycles. The van der Waals surface area contributed by atoms with Crippen molar-refractivity contribution in [3.8, 4) is 0 Å². The quantitative estimate of drug-likeness (QED) is 0.419. The predicted molar refractivity (Wildman–Crippen MR) is 136 cm³/mol. The number of hydrogen-bond donors (Lipinski definition) is 0. The highest BCUT2D eigenvalue weighted by Gasteiger charge is 2.28. The second-order valence-electron chi connectivity index (χ2n) is 8.22. The van der Waals surface area contributed by atoms with E-state index >= 15 is 0 Å². The first-order chi connectivity index (χ1) is 16.2.